The summed E-state index contributed by atoms with van der Waals surface area (Å²) in [7, 11) is -1.30. The van der Waals surface area contributed by atoms with Gasteiger partial charge in [-0.1, -0.05) is 6.42 Å². The second-order valence-electron chi connectivity index (χ2n) is 4.65. The molecule has 2 fully saturated rings. The maximum Gasteiger partial charge on any atom is 0.215 e. The molecule has 0 aliphatic heterocycles. The van der Waals surface area contributed by atoms with Crippen LogP contribution in [0.4, 0.5) is 0 Å². The van der Waals surface area contributed by atoms with Gasteiger partial charge >= 0.3 is 0 Å². The normalized spacial score (nSPS) is 23.1. The molecule has 0 saturated heterocycles. The van der Waals surface area contributed by atoms with E-state index >= 15 is 0 Å². The zero-order valence-electron chi connectivity index (χ0n) is 9.28. The van der Waals surface area contributed by atoms with Gasteiger partial charge in [0.25, 0.3) is 0 Å². The Balaban J connectivity index is 1.76. The first-order chi connectivity index (χ1) is 7.09. The molecule has 0 amide bonds. The number of sulfonamides is 1. The van der Waals surface area contributed by atoms with Crippen LogP contribution < -0.4 is 5.32 Å². The van der Waals surface area contributed by atoms with Gasteiger partial charge < -0.3 is 5.32 Å². The fraction of sp³-hybridized carbons (Fsp3) is 1.00. The van der Waals surface area contributed by atoms with Crippen molar-refractivity contribution in [1.29, 1.82) is 0 Å². The highest BCUT2D eigenvalue weighted by atomic mass is 32.2. The van der Waals surface area contributed by atoms with Gasteiger partial charge in [0.05, 0.1) is 5.75 Å². The molecule has 0 radical (unpaired) electrons. The predicted molar refractivity (Wildman–Crippen MR) is 60.2 cm³/mol. The van der Waals surface area contributed by atoms with Gasteiger partial charge in [-0.15, -0.1) is 0 Å². The van der Waals surface area contributed by atoms with Crippen LogP contribution in [0.5, 0.6) is 0 Å². The molecule has 0 bridgehead atoms. The Hall–Kier alpha value is -0.130. The maximum absolute atomic E-state index is 11.9. The Bertz CT molecular complexity index is 307. The summed E-state index contributed by atoms with van der Waals surface area (Å²) in [6.45, 7) is 0.601. The van der Waals surface area contributed by atoms with Gasteiger partial charge in [-0.2, -0.15) is 0 Å². The summed E-state index contributed by atoms with van der Waals surface area (Å²) in [6, 6.07) is 0.866. The van der Waals surface area contributed by atoms with E-state index in [-0.39, 0.29) is 11.8 Å². The molecule has 1 N–H and O–H groups in total. The van der Waals surface area contributed by atoms with E-state index in [1.807, 2.05) is 0 Å². The van der Waals surface area contributed by atoms with Gasteiger partial charge in [-0.3, -0.25) is 0 Å². The molecule has 2 saturated carbocycles. The number of nitrogens with one attached hydrogen (secondary N) is 1. The lowest BCUT2D eigenvalue weighted by atomic mass is 9.94. The molecule has 2 rings (SSSR count). The quantitative estimate of drug-likeness (QED) is 0.727. The lowest BCUT2D eigenvalue weighted by molar-refractivity contribution is 0.249. The Morgan fingerprint density at radius 3 is 2.40 bits per heavy atom. The van der Waals surface area contributed by atoms with Crippen LogP contribution in [0.25, 0.3) is 0 Å². The van der Waals surface area contributed by atoms with Gasteiger partial charge in [-0.25, -0.2) is 12.7 Å². The fourth-order valence-electron chi connectivity index (χ4n) is 1.80. The van der Waals surface area contributed by atoms with Crippen LogP contribution in [0.2, 0.25) is 0 Å². The molecule has 2 aliphatic rings. The Labute approximate surface area is 92.1 Å². The third-order valence-electron chi connectivity index (χ3n) is 3.40. The summed E-state index contributed by atoms with van der Waals surface area (Å²) in [5, 5.41) is 3.24. The highest BCUT2D eigenvalue weighted by Gasteiger charge is 2.30. The molecule has 2 aliphatic carbocycles. The zero-order chi connectivity index (χ0) is 10.9. The van der Waals surface area contributed by atoms with Gasteiger partial charge in [0, 0.05) is 25.7 Å². The molecule has 5 heteroatoms. The van der Waals surface area contributed by atoms with E-state index in [1.54, 1.807) is 11.4 Å². The molecule has 0 heterocycles. The monoisotopic (exact) mass is 232 g/mol. The maximum atomic E-state index is 11.9. The highest BCUT2D eigenvalue weighted by Crippen LogP contribution is 2.25. The van der Waals surface area contributed by atoms with Crippen LogP contribution in [-0.2, 0) is 10.0 Å². The number of rotatable bonds is 6. The summed E-state index contributed by atoms with van der Waals surface area (Å²) in [5.74, 6) is 0.247. The topological polar surface area (TPSA) is 49.4 Å². The number of hydrogen-bond acceptors (Lipinski definition) is 3. The van der Waals surface area contributed by atoms with Crippen LogP contribution in [0.15, 0.2) is 0 Å². The Morgan fingerprint density at radius 1 is 1.27 bits per heavy atom. The average Bonchev–Trinajstić information content (AvgIpc) is 2.84. The van der Waals surface area contributed by atoms with E-state index in [9.17, 15) is 8.42 Å². The lowest BCUT2D eigenvalue weighted by Gasteiger charge is -2.33. The van der Waals surface area contributed by atoms with Crippen molar-refractivity contribution in [2.75, 3.05) is 19.3 Å². The summed E-state index contributed by atoms with van der Waals surface area (Å²) in [5.41, 5.74) is 0. The average molecular weight is 232 g/mol. The van der Waals surface area contributed by atoms with Crippen LogP contribution in [-0.4, -0.2) is 44.2 Å². The number of nitrogens with zero attached hydrogens (tertiary/aromatic N) is 1. The molecule has 15 heavy (non-hydrogen) atoms. The molecule has 0 aromatic heterocycles. The standard InChI is InChI=1S/C10H20N2O2S/c1-12(10-3-2-4-10)15(13,14)8-7-11-9-5-6-9/h9-11H,2-8H2,1H3. The predicted octanol–water partition coefficient (Wildman–Crippen LogP) is 0.552. The second kappa shape index (κ2) is 4.39. The molecule has 0 aromatic rings. The van der Waals surface area contributed by atoms with Crippen molar-refractivity contribution in [3.05, 3.63) is 0 Å². The first-order valence-corrected chi connectivity index (χ1v) is 7.39. The first kappa shape index (κ1) is 11.4. The van der Waals surface area contributed by atoms with Gasteiger partial charge in [0.2, 0.25) is 10.0 Å². The molecule has 0 spiro atoms. The van der Waals surface area contributed by atoms with Crippen LogP contribution >= 0.6 is 0 Å². The molecule has 0 unspecified atom stereocenters. The van der Waals surface area contributed by atoms with E-state index in [1.165, 1.54) is 19.3 Å². The van der Waals surface area contributed by atoms with Crippen LogP contribution in [0.1, 0.15) is 32.1 Å². The van der Waals surface area contributed by atoms with Crippen molar-refractivity contribution >= 4 is 10.0 Å². The zero-order valence-corrected chi connectivity index (χ0v) is 10.1. The first-order valence-electron chi connectivity index (χ1n) is 5.79. The molecule has 0 aromatic carbocycles. The summed E-state index contributed by atoms with van der Waals surface area (Å²) in [4.78, 5) is 0. The molecule has 4 nitrogen and oxygen atoms in total. The molecule has 0 atom stereocenters. The van der Waals surface area contributed by atoms with E-state index in [0.717, 1.165) is 12.8 Å². The molecular weight excluding hydrogens is 212 g/mol. The smallest absolute Gasteiger partial charge is 0.215 e. The van der Waals surface area contributed by atoms with Crippen molar-refractivity contribution in [2.45, 2.75) is 44.2 Å². The Kier molecular flexibility index (Phi) is 3.33. The number of hydrogen-bond donors (Lipinski definition) is 1. The lowest BCUT2D eigenvalue weighted by Crippen LogP contribution is -2.43. The van der Waals surface area contributed by atoms with Crippen molar-refractivity contribution in [3.8, 4) is 0 Å². The molecule has 88 valence electrons. The third kappa shape index (κ3) is 2.92. The minimum absolute atomic E-state index is 0.247. The van der Waals surface area contributed by atoms with E-state index in [2.05, 4.69) is 5.32 Å². The summed E-state index contributed by atoms with van der Waals surface area (Å²) >= 11 is 0. The van der Waals surface area contributed by atoms with E-state index in [0.29, 0.717) is 12.6 Å². The Morgan fingerprint density at radius 2 is 1.93 bits per heavy atom. The van der Waals surface area contributed by atoms with E-state index in [4.69, 9.17) is 0 Å². The van der Waals surface area contributed by atoms with Crippen molar-refractivity contribution < 1.29 is 8.42 Å². The van der Waals surface area contributed by atoms with Crippen molar-refractivity contribution in [2.24, 2.45) is 0 Å². The van der Waals surface area contributed by atoms with Gasteiger partial charge in [-0.05, 0) is 25.7 Å². The van der Waals surface area contributed by atoms with Crippen molar-refractivity contribution in [1.82, 2.24) is 9.62 Å². The third-order valence-corrected chi connectivity index (χ3v) is 5.29. The summed E-state index contributed by atoms with van der Waals surface area (Å²) < 4.78 is 25.3. The largest absolute Gasteiger partial charge is 0.313 e. The summed E-state index contributed by atoms with van der Waals surface area (Å²) in [6.07, 6.45) is 5.65. The fourth-order valence-corrected chi connectivity index (χ4v) is 3.13. The molecular formula is C10H20N2O2S. The van der Waals surface area contributed by atoms with E-state index < -0.39 is 10.0 Å². The van der Waals surface area contributed by atoms with Gasteiger partial charge in [0.15, 0.2) is 0 Å². The van der Waals surface area contributed by atoms with Crippen molar-refractivity contribution in [3.63, 3.8) is 0 Å². The van der Waals surface area contributed by atoms with Crippen LogP contribution in [0.3, 0.4) is 0 Å². The minimum Gasteiger partial charge on any atom is -0.313 e. The minimum atomic E-state index is -3.02. The highest BCUT2D eigenvalue weighted by molar-refractivity contribution is 7.89. The van der Waals surface area contributed by atoms with Gasteiger partial charge in [0.1, 0.15) is 0 Å². The van der Waals surface area contributed by atoms with Crippen LogP contribution in [0, 0.1) is 0 Å². The SMILES string of the molecule is CN(C1CCC1)S(=O)(=O)CCNC1CC1. The second-order valence-corrected chi connectivity index (χ2v) is 6.79.